The van der Waals surface area contributed by atoms with E-state index < -0.39 is 0 Å². The molecule has 4 heteroatoms. The van der Waals surface area contributed by atoms with Gasteiger partial charge in [0.1, 0.15) is 0 Å². The van der Waals surface area contributed by atoms with Crippen molar-refractivity contribution in [2.75, 3.05) is 23.3 Å². The summed E-state index contributed by atoms with van der Waals surface area (Å²) in [6.45, 7) is 4.23. The van der Waals surface area contributed by atoms with Crippen LogP contribution in [-0.4, -0.2) is 28.6 Å². The molecule has 0 fully saturated rings. The van der Waals surface area contributed by atoms with Crippen LogP contribution in [0.15, 0.2) is 30.5 Å². The molecular formula is C13H16BrN3. The molecule has 0 aliphatic carbocycles. The van der Waals surface area contributed by atoms with Crippen LogP contribution in [-0.2, 0) is 0 Å². The molecule has 2 aromatic rings. The molecule has 17 heavy (non-hydrogen) atoms. The number of benzene rings is 1. The highest BCUT2D eigenvalue weighted by Crippen LogP contribution is 2.24. The summed E-state index contributed by atoms with van der Waals surface area (Å²) in [4.78, 5) is 2.35. The second-order valence-electron chi connectivity index (χ2n) is 3.92. The predicted octanol–water partition coefficient (Wildman–Crippen LogP) is 3.24. The fraction of sp³-hybridized carbons (Fsp3) is 0.385. The van der Waals surface area contributed by atoms with Gasteiger partial charge in [0.25, 0.3) is 0 Å². The fourth-order valence-electron chi connectivity index (χ4n) is 1.97. The summed E-state index contributed by atoms with van der Waals surface area (Å²) in [5.74, 6) is 0. The van der Waals surface area contributed by atoms with E-state index in [1.54, 1.807) is 0 Å². The zero-order chi connectivity index (χ0) is 12.1. The van der Waals surface area contributed by atoms with Gasteiger partial charge in [-0.15, -0.1) is 0 Å². The largest absolute Gasteiger partial charge is 0.369 e. The number of aromatic nitrogens is 2. The van der Waals surface area contributed by atoms with Crippen molar-refractivity contribution in [2.45, 2.75) is 13.3 Å². The molecule has 0 amide bonds. The first-order valence-corrected chi connectivity index (χ1v) is 7.00. The van der Waals surface area contributed by atoms with Crippen molar-refractivity contribution in [3.8, 4) is 0 Å². The molecule has 0 aliphatic heterocycles. The molecule has 0 aliphatic rings. The monoisotopic (exact) mass is 293 g/mol. The fourth-order valence-corrected chi connectivity index (χ4v) is 2.40. The van der Waals surface area contributed by atoms with E-state index in [0.29, 0.717) is 0 Å². The molecule has 0 saturated heterocycles. The molecule has 0 saturated carbocycles. The third-order valence-corrected chi connectivity index (χ3v) is 3.07. The average Bonchev–Trinajstić information content (AvgIpc) is 2.38. The van der Waals surface area contributed by atoms with Crippen LogP contribution in [0.2, 0.25) is 0 Å². The summed E-state index contributed by atoms with van der Waals surface area (Å²) in [7, 11) is 0. The van der Waals surface area contributed by atoms with E-state index in [2.05, 4.69) is 44.0 Å². The van der Waals surface area contributed by atoms with E-state index in [-0.39, 0.29) is 0 Å². The first-order valence-electron chi connectivity index (χ1n) is 5.88. The number of rotatable bonds is 5. The Morgan fingerprint density at radius 2 is 2.06 bits per heavy atom. The summed E-state index contributed by atoms with van der Waals surface area (Å²) < 4.78 is 0. The van der Waals surface area contributed by atoms with Crippen LogP contribution in [0.1, 0.15) is 13.3 Å². The Morgan fingerprint density at radius 3 is 2.82 bits per heavy atom. The Balaban J connectivity index is 2.44. The van der Waals surface area contributed by atoms with Gasteiger partial charge in [0.05, 0.1) is 17.4 Å². The molecule has 0 bridgehead atoms. The van der Waals surface area contributed by atoms with E-state index in [1.165, 1.54) is 11.1 Å². The van der Waals surface area contributed by atoms with Gasteiger partial charge in [0, 0.05) is 23.8 Å². The molecule has 0 radical (unpaired) electrons. The molecule has 1 heterocycles. The van der Waals surface area contributed by atoms with Gasteiger partial charge in [0.2, 0.25) is 0 Å². The third-order valence-electron chi connectivity index (χ3n) is 2.71. The SMILES string of the molecule is CCCN(CCBr)c1cnnc2ccccc12. The molecule has 2 rings (SSSR count). The van der Waals surface area contributed by atoms with Gasteiger partial charge in [-0.2, -0.15) is 10.2 Å². The maximum Gasteiger partial charge on any atom is 0.0950 e. The molecule has 0 N–H and O–H groups in total. The van der Waals surface area contributed by atoms with E-state index in [0.717, 1.165) is 30.4 Å². The second kappa shape index (κ2) is 5.96. The van der Waals surface area contributed by atoms with Crippen molar-refractivity contribution >= 4 is 32.5 Å². The number of hydrogen-bond acceptors (Lipinski definition) is 3. The summed E-state index contributed by atoms with van der Waals surface area (Å²) in [5.41, 5.74) is 2.14. The van der Waals surface area contributed by atoms with Crippen LogP contribution >= 0.6 is 15.9 Å². The Kier molecular flexibility index (Phi) is 4.31. The van der Waals surface area contributed by atoms with Crippen LogP contribution in [0.5, 0.6) is 0 Å². The molecule has 1 aromatic heterocycles. The maximum atomic E-state index is 4.16. The van der Waals surface area contributed by atoms with Crippen LogP contribution in [0, 0.1) is 0 Å². The lowest BCUT2D eigenvalue weighted by Crippen LogP contribution is -2.26. The van der Waals surface area contributed by atoms with Crippen molar-refractivity contribution in [2.24, 2.45) is 0 Å². The molecule has 3 nitrogen and oxygen atoms in total. The number of fused-ring (bicyclic) bond motifs is 1. The second-order valence-corrected chi connectivity index (χ2v) is 4.72. The predicted molar refractivity (Wildman–Crippen MR) is 75.8 cm³/mol. The van der Waals surface area contributed by atoms with Gasteiger partial charge in [-0.1, -0.05) is 41.1 Å². The van der Waals surface area contributed by atoms with Gasteiger partial charge < -0.3 is 4.90 Å². The minimum Gasteiger partial charge on any atom is -0.369 e. The minimum atomic E-state index is 0.959. The first-order chi connectivity index (χ1) is 8.36. The van der Waals surface area contributed by atoms with E-state index in [9.17, 15) is 0 Å². The van der Waals surface area contributed by atoms with Crippen molar-refractivity contribution in [1.29, 1.82) is 0 Å². The van der Waals surface area contributed by atoms with Gasteiger partial charge in [-0.3, -0.25) is 0 Å². The van der Waals surface area contributed by atoms with Crippen LogP contribution < -0.4 is 4.90 Å². The Morgan fingerprint density at radius 1 is 1.24 bits per heavy atom. The van der Waals surface area contributed by atoms with E-state index in [4.69, 9.17) is 0 Å². The zero-order valence-electron chi connectivity index (χ0n) is 9.93. The van der Waals surface area contributed by atoms with E-state index in [1.807, 2.05) is 24.4 Å². The number of hydrogen-bond donors (Lipinski definition) is 0. The maximum absolute atomic E-state index is 4.16. The standard InChI is InChI=1S/C13H16BrN3/c1-2-8-17(9-7-14)13-10-15-16-12-6-4-3-5-11(12)13/h3-6,10H,2,7-9H2,1H3. The highest BCUT2D eigenvalue weighted by Gasteiger charge is 2.09. The minimum absolute atomic E-state index is 0.959. The lowest BCUT2D eigenvalue weighted by atomic mass is 10.2. The molecule has 90 valence electrons. The van der Waals surface area contributed by atoms with Crippen molar-refractivity contribution in [3.63, 3.8) is 0 Å². The van der Waals surface area contributed by atoms with Crippen LogP contribution in [0.25, 0.3) is 10.9 Å². The number of anilines is 1. The highest BCUT2D eigenvalue weighted by atomic mass is 79.9. The first kappa shape index (κ1) is 12.3. The van der Waals surface area contributed by atoms with Gasteiger partial charge >= 0.3 is 0 Å². The van der Waals surface area contributed by atoms with Crippen LogP contribution in [0.4, 0.5) is 5.69 Å². The van der Waals surface area contributed by atoms with Crippen molar-refractivity contribution in [3.05, 3.63) is 30.5 Å². The number of halogens is 1. The number of nitrogens with zero attached hydrogens (tertiary/aromatic N) is 3. The highest BCUT2D eigenvalue weighted by molar-refractivity contribution is 9.09. The third kappa shape index (κ3) is 2.75. The molecule has 0 atom stereocenters. The zero-order valence-corrected chi connectivity index (χ0v) is 11.5. The van der Waals surface area contributed by atoms with Crippen LogP contribution in [0.3, 0.4) is 0 Å². The number of alkyl halides is 1. The molecule has 1 aromatic carbocycles. The smallest absolute Gasteiger partial charge is 0.0950 e. The van der Waals surface area contributed by atoms with Crippen molar-refractivity contribution < 1.29 is 0 Å². The Hall–Kier alpha value is -1.16. The van der Waals surface area contributed by atoms with Crippen molar-refractivity contribution in [1.82, 2.24) is 10.2 Å². The van der Waals surface area contributed by atoms with E-state index >= 15 is 0 Å². The average molecular weight is 294 g/mol. The molecule has 0 spiro atoms. The summed E-state index contributed by atoms with van der Waals surface area (Å²) in [5, 5.41) is 10.4. The Bertz CT molecular complexity index is 476. The van der Waals surface area contributed by atoms with Gasteiger partial charge in [-0.05, 0) is 12.5 Å². The summed E-state index contributed by atoms with van der Waals surface area (Å²) >= 11 is 3.50. The quantitative estimate of drug-likeness (QED) is 0.793. The Labute approximate surface area is 110 Å². The normalized spacial score (nSPS) is 10.7. The van der Waals surface area contributed by atoms with Gasteiger partial charge in [-0.25, -0.2) is 0 Å². The lowest BCUT2D eigenvalue weighted by Gasteiger charge is -2.24. The summed E-state index contributed by atoms with van der Waals surface area (Å²) in [6.07, 6.45) is 2.99. The summed E-state index contributed by atoms with van der Waals surface area (Å²) in [6, 6.07) is 8.15. The molecule has 0 unspecified atom stereocenters. The van der Waals surface area contributed by atoms with Gasteiger partial charge in [0.15, 0.2) is 0 Å². The lowest BCUT2D eigenvalue weighted by molar-refractivity contribution is 0.796. The topological polar surface area (TPSA) is 29.0 Å². The molecular weight excluding hydrogens is 278 g/mol.